The minimum absolute atomic E-state index is 0.103. The molecule has 0 radical (unpaired) electrons. The topological polar surface area (TPSA) is 58.7 Å². The number of unbranched alkanes of at least 4 members (excludes halogenated alkanes) is 1. The van der Waals surface area contributed by atoms with E-state index in [0.717, 1.165) is 41.7 Å². The van der Waals surface area contributed by atoms with Gasteiger partial charge in [0.1, 0.15) is 10.7 Å². The smallest absolute Gasteiger partial charge is 0.262 e. The van der Waals surface area contributed by atoms with E-state index in [-0.39, 0.29) is 5.56 Å². The van der Waals surface area contributed by atoms with Gasteiger partial charge >= 0.3 is 0 Å². The first-order valence-corrected chi connectivity index (χ1v) is 10.1. The van der Waals surface area contributed by atoms with Gasteiger partial charge in [-0.2, -0.15) is 5.26 Å². The SMILES string of the molecule is CCc1nc2sc3c(c2c(=O)n1CCCC#N)CCC(C(C)(C)C)C3. The molecule has 0 fully saturated rings. The summed E-state index contributed by atoms with van der Waals surface area (Å²) in [4.78, 5) is 20.3. The maximum Gasteiger partial charge on any atom is 0.262 e. The molecule has 0 saturated heterocycles. The Kier molecular flexibility index (Phi) is 5.02. The Bertz CT molecular complexity index is 879. The van der Waals surface area contributed by atoms with Crippen molar-refractivity contribution in [3.05, 3.63) is 26.6 Å². The van der Waals surface area contributed by atoms with Crippen LogP contribution in [0.15, 0.2) is 4.79 Å². The van der Waals surface area contributed by atoms with Crippen LogP contribution in [0.25, 0.3) is 10.2 Å². The van der Waals surface area contributed by atoms with Gasteiger partial charge in [0.15, 0.2) is 0 Å². The summed E-state index contributed by atoms with van der Waals surface area (Å²) < 4.78 is 1.81. The van der Waals surface area contributed by atoms with Crippen LogP contribution in [-0.2, 0) is 25.8 Å². The van der Waals surface area contributed by atoms with E-state index in [1.165, 1.54) is 10.4 Å². The zero-order valence-electron chi connectivity index (χ0n) is 15.7. The van der Waals surface area contributed by atoms with Gasteiger partial charge in [-0.25, -0.2) is 4.98 Å². The summed E-state index contributed by atoms with van der Waals surface area (Å²) in [6.45, 7) is 9.56. The molecule has 0 amide bonds. The summed E-state index contributed by atoms with van der Waals surface area (Å²) >= 11 is 1.72. The predicted molar refractivity (Wildman–Crippen MR) is 103 cm³/mol. The zero-order valence-corrected chi connectivity index (χ0v) is 16.5. The van der Waals surface area contributed by atoms with Gasteiger partial charge in [-0.3, -0.25) is 9.36 Å². The molecule has 2 aromatic rings. The molecule has 0 aromatic carbocycles. The number of aromatic nitrogens is 2. The van der Waals surface area contributed by atoms with Crippen molar-refractivity contribution in [2.75, 3.05) is 0 Å². The van der Waals surface area contributed by atoms with Gasteiger partial charge in [0.05, 0.1) is 11.5 Å². The number of thiophene rings is 1. The predicted octanol–water partition coefficient (Wildman–Crippen LogP) is 4.48. The number of aryl methyl sites for hydroxylation is 2. The van der Waals surface area contributed by atoms with E-state index < -0.39 is 0 Å². The van der Waals surface area contributed by atoms with Crippen LogP contribution in [0, 0.1) is 22.7 Å². The number of hydrogen-bond acceptors (Lipinski definition) is 4. The first kappa shape index (κ1) is 18.1. The van der Waals surface area contributed by atoms with Crippen LogP contribution in [-0.4, -0.2) is 9.55 Å². The van der Waals surface area contributed by atoms with Crippen LogP contribution in [0.3, 0.4) is 0 Å². The normalized spacial score (nSPS) is 17.5. The molecule has 2 aromatic heterocycles. The van der Waals surface area contributed by atoms with Gasteiger partial charge in [0.25, 0.3) is 5.56 Å². The molecular formula is C20H27N3OS. The van der Waals surface area contributed by atoms with Crippen LogP contribution in [0.4, 0.5) is 0 Å². The lowest BCUT2D eigenvalue weighted by molar-refractivity contribution is 0.218. The molecule has 1 atom stereocenters. The summed E-state index contributed by atoms with van der Waals surface area (Å²) in [5.74, 6) is 1.51. The van der Waals surface area contributed by atoms with E-state index in [1.54, 1.807) is 11.3 Å². The van der Waals surface area contributed by atoms with Crippen molar-refractivity contribution in [1.29, 1.82) is 5.26 Å². The highest BCUT2D eigenvalue weighted by Gasteiger charge is 2.32. The van der Waals surface area contributed by atoms with Crippen molar-refractivity contribution < 1.29 is 0 Å². The molecule has 1 aliphatic rings. The lowest BCUT2D eigenvalue weighted by Crippen LogP contribution is -2.28. The fraction of sp³-hybridized carbons (Fsp3) is 0.650. The Labute approximate surface area is 153 Å². The molecular weight excluding hydrogens is 330 g/mol. The van der Waals surface area contributed by atoms with Gasteiger partial charge in [-0.05, 0) is 42.6 Å². The van der Waals surface area contributed by atoms with E-state index >= 15 is 0 Å². The molecule has 25 heavy (non-hydrogen) atoms. The molecule has 134 valence electrons. The molecule has 2 heterocycles. The molecule has 0 saturated carbocycles. The Hall–Kier alpha value is -1.67. The van der Waals surface area contributed by atoms with Gasteiger partial charge in [-0.1, -0.05) is 27.7 Å². The number of rotatable bonds is 4. The van der Waals surface area contributed by atoms with Crippen molar-refractivity contribution in [1.82, 2.24) is 9.55 Å². The van der Waals surface area contributed by atoms with Crippen molar-refractivity contribution in [3.63, 3.8) is 0 Å². The van der Waals surface area contributed by atoms with Gasteiger partial charge in [0.2, 0.25) is 0 Å². The van der Waals surface area contributed by atoms with Crippen LogP contribution < -0.4 is 5.56 Å². The van der Waals surface area contributed by atoms with Gasteiger partial charge < -0.3 is 0 Å². The average Bonchev–Trinajstić information content (AvgIpc) is 2.93. The van der Waals surface area contributed by atoms with Crippen LogP contribution in [0.1, 0.15) is 63.2 Å². The first-order chi connectivity index (χ1) is 11.9. The lowest BCUT2D eigenvalue weighted by Gasteiger charge is -2.33. The third-order valence-electron chi connectivity index (χ3n) is 5.46. The highest BCUT2D eigenvalue weighted by atomic mass is 32.1. The summed E-state index contributed by atoms with van der Waals surface area (Å²) in [5, 5.41) is 9.62. The number of nitriles is 1. The Morgan fingerprint density at radius 3 is 2.80 bits per heavy atom. The molecule has 3 rings (SSSR count). The second kappa shape index (κ2) is 6.92. The lowest BCUT2D eigenvalue weighted by atomic mass is 9.72. The molecule has 0 bridgehead atoms. The van der Waals surface area contributed by atoms with E-state index in [1.807, 2.05) is 11.5 Å². The first-order valence-electron chi connectivity index (χ1n) is 9.27. The van der Waals surface area contributed by atoms with Crippen LogP contribution in [0.5, 0.6) is 0 Å². The van der Waals surface area contributed by atoms with E-state index in [9.17, 15) is 4.79 Å². The highest BCUT2D eigenvalue weighted by molar-refractivity contribution is 7.18. The Morgan fingerprint density at radius 1 is 1.40 bits per heavy atom. The fourth-order valence-electron chi connectivity index (χ4n) is 3.86. The summed E-state index contributed by atoms with van der Waals surface area (Å²) in [5.41, 5.74) is 1.65. The molecule has 4 nitrogen and oxygen atoms in total. The molecule has 1 aliphatic carbocycles. The monoisotopic (exact) mass is 357 g/mol. The fourth-order valence-corrected chi connectivity index (χ4v) is 5.17. The quantitative estimate of drug-likeness (QED) is 0.758. The average molecular weight is 358 g/mol. The Balaban J connectivity index is 2.07. The largest absolute Gasteiger partial charge is 0.296 e. The van der Waals surface area contributed by atoms with E-state index in [4.69, 9.17) is 10.2 Å². The molecule has 0 aliphatic heterocycles. The maximum atomic E-state index is 13.2. The van der Waals surface area contributed by atoms with Crippen molar-refractivity contribution in [3.8, 4) is 6.07 Å². The maximum absolute atomic E-state index is 13.2. The van der Waals surface area contributed by atoms with Crippen LogP contribution in [0.2, 0.25) is 0 Å². The van der Waals surface area contributed by atoms with E-state index in [0.29, 0.717) is 30.7 Å². The van der Waals surface area contributed by atoms with Crippen molar-refractivity contribution in [2.24, 2.45) is 11.3 Å². The van der Waals surface area contributed by atoms with E-state index in [2.05, 4.69) is 26.8 Å². The summed E-state index contributed by atoms with van der Waals surface area (Å²) in [6.07, 6.45) is 5.11. The Morgan fingerprint density at radius 2 is 2.16 bits per heavy atom. The summed E-state index contributed by atoms with van der Waals surface area (Å²) in [7, 11) is 0. The van der Waals surface area contributed by atoms with Gasteiger partial charge in [-0.15, -0.1) is 11.3 Å². The molecule has 0 N–H and O–H groups in total. The third kappa shape index (κ3) is 3.37. The number of nitrogens with zero attached hydrogens (tertiary/aromatic N) is 3. The molecule has 5 heteroatoms. The van der Waals surface area contributed by atoms with Crippen molar-refractivity contribution >= 4 is 21.6 Å². The van der Waals surface area contributed by atoms with Gasteiger partial charge in [0, 0.05) is 24.3 Å². The van der Waals surface area contributed by atoms with Crippen LogP contribution >= 0.6 is 11.3 Å². The standard InChI is InChI=1S/C20H27N3OS/c1-5-16-22-18-17(19(24)23(16)11-7-6-10-21)14-9-8-13(20(2,3)4)12-15(14)25-18/h13H,5-9,11-12H2,1-4H3. The molecule has 0 spiro atoms. The number of fused-ring (bicyclic) bond motifs is 3. The third-order valence-corrected chi connectivity index (χ3v) is 6.61. The molecule has 1 unspecified atom stereocenters. The number of hydrogen-bond donors (Lipinski definition) is 0. The summed E-state index contributed by atoms with van der Waals surface area (Å²) in [6, 6.07) is 2.16. The highest BCUT2D eigenvalue weighted by Crippen LogP contribution is 2.42. The minimum Gasteiger partial charge on any atom is -0.296 e. The second-order valence-corrected chi connectivity index (χ2v) is 9.17. The zero-order chi connectivity index (χ0) is 18.2. The van der Waals surface area contributed by atoms with Crippen molar-refractivity contribution in [2.45, 2.75) is 72.8 Å². The minimum atomic E-state index is 0.103. The second-order valence-electron chi connectivity index (χ2n) is 8.09.